The molecule has 2 aromatic carbocycles. The number of halogens is 1. The minimum absolute atomic E-state index is 0.292. The number of benzene rings is 2. The van der Waals surface area contributed by atoms with E-state index in [4.69, 9.17) is 5.73 Å². The van der Waals surface area contributed by atoms with Crippen molar-refractivity contribution >= 4 is 0 Å². The van der Waals surface area contributed by atoms with E-state index in [1.54, 1.807) is 12.1 Å². The highest BCUT2D eigenvalue weighted by molar-refractivity contribution is 5.33. The van der Waals surface area contributed by atoms with Crippen molar-refractivity contribution in [3.8, 4) is 0 Å². The summed E-state index contributed by atoms with van der Waals surface area (Å²) in [5, 5.41) is 10.2. The Kier molecular flexibility index (Phi) is 4.30. The fourth-order valence-electron chi connectivity index (χ4n) is 2.01. The van der Waals surface area contributed by atoms with Crippen molar-refractivity contribution in [1.29, 1.82) is 0 Å². The van der Waals surface area contributed by atoms with Gasteiger partial charge in [0.2, 0.25) is 0 Å². The summed E-state index contributed by atoms with van der Waals surface area (Å²) in [6.07, 6.45) is -0.807. The molecule has 2 rings (SSSR count). The summed E-state index contributed by atoms with van der Waals surface area (Å²) in [4.78, 5) is 0. The van der Waals surface area contributed by atoms with E-state index in [0.717, 1.165) is 11.1 Å². The Labute approximate surface area is 112 Å². The third-order valence-electron chi connectivity index (χ3n) is 3.34. The van der Waals surface area contributed by atoms with E-state index in [1.807, 2.05) is 24.3 Å². The number of aliphatic hydroxyl groups is 1. The average molecular weight is 259 g/mol. The zero-order chi connectivity index (χ0) is 13.8. The van der Waals surface area contributed by atoms with Crippen molar-refractivity contribution in [1.82, 2.24) is 0 Å². The maximum atomic E-state index is 13.1. The molecule has 0 heterocycles. The molecular weight excluding hydrogens is 241 g/mol. The summed E-state index contributed by atoms with van der Waals surface area (Å²) in [7, 11) is 0. The van der Waals surface area contributed by atoms with Gasteiger partial charge in [-0.3, -0.25) is 0 Å². The molecule has 0 aliphatic heterocycles. The van der Waals surface area contributed by atoms with Crippen LogP contribution < -0.4 is 5.73 Å². The topological polar surface area (TPSA) is 46.2 Å². The minimum Gasteiger partial charge on any atom is -0.384 e. The predicted octanol–water partition coefficient (Wildman–Crippen LogP) is 2.97. The Morgan fingerprint density at radius 3 is 2.26 bits per heavy atom. The molecule has 0 amide bonds. The molecule has 3 heteroatoms. The lowest BCUT2D eigenvalue weighted by Crippen LogP contribution is -2.09. The highest BCUT2D eigenvalue weighted by Crippen LogP contribution is 2.24. The van der Waals surface area contributed by atoms with Crippen LogP contribution in [0.2, 0.25) is 0 Å². The summed E-state index contributed by atoms with van der Waals surface area (Å²) < 4.78 is 13.1. The lowest BCUT2D eigenvalue weighted by atomic mass is 9.96. The number of nitrogens with two attached hydrogens (primary N) is 1. The molecule has 0 radical (unpaired) electrons. The summed E-state index contributed by atoms with van der Waals surface area (Å²) >= 11 is 0. The van der Waals surface area contributed by atoms with Crippen LogP contribution in [0.25, 0.3) is 0 Å². The van der Waals surface area contributed by atoms with Crippen LogP contribution in [0.1, 0.15) is 35.6 Å². The van der Waals surface area contributed by atoms with Gasteiger partial charge >= 0.3 is 0 Å². The molecule has 0 saturated carbocycles. The number of aliphatic hydroxyl groups excluding tert-OH is 1. The summed E-state index contributed by atoms with van der Waals surface area (Å²) in [6, 6.07) is 13.6. The van der Waals surface area contributed by atoms with Crippen LogP contribution >= 0.6 is 0 Å². The third-order valence-corrected chi connectivity index (χ3v) is 3.34. The van der Waals surface area contributed by atoms with Crippen molar-refractivity contribution in [3.63, 3.8) is 0 Å². The van der Waals surface area contributed by atoms with Gasteiger partial charge in [0.25, 0.3) is 0 Å². The van der Waals surface area contributed by atoms with Gasteiger partial charge in [0.05, 0.1) is 0 Å². The summed E-state index contributed by atoms with van der Waals surface area (Å²) in [6.45, 7) is 2.64. The molecule has 100 valence electrons. The van der Waals surface area contributed by atoms with Crippen molar-refractivity contribution < 1.29 is 9.50 Å². The third kappa shape index (κ3) is 3.19. The van der Waals surface area contributed by atoms with E-state index in [1.165, 1.54) is 12.1 Å². The first-order chi connectivity index (χ1) is 9.11. The first kappa shape index (κ1) is 13.7. The molecule has 3 N–H and O–H groups in total. The number of hydrogen-bond acceptors (Lipinski definition) is 2. The second-order valence-electron chi connectivity index (χ2n) is 4.76. The summed E-state index contributed by atoms with van der Waals surface area (Å²) in [5.74, 6) is -0.0507. The van der Waals surface area contributed by atoms with Crippen LogP contribution in [0, 0.1) is 5.82 Å². The smallest absolute Gasteiger partial charge is 0.123 e. The fraction of sp³-hybridized carbons (Fsp3) is 0.250. The molecule has 0 fully saturated rings. The van der Waals surface area contributed by atoms with E-state index >= 15 is 0 Å². The second-order valence-corrected chi connectivity index (χ2v) is 4.76. The van der Waals surface area contributed by atoms with Crippen LogP contribution in [-0.4, -0.2) is 11.7 Å². The van der Waals surface area contributed by atoms with Gasteiger partial charge in [-0.15, -0.1) is 0 Å². The Hall–Kier alpha value is -1.71. The van der Waals surface area contributed by atoms with Crippen molar-refractivity contribution in [2.24, 2.45) is 5.73 Å². The Balaban J connectivity index is 2.22. The monoisotopic (exact) mass is 259 g/mol. The van der Waals surface area contributed by atoms with E-state index in [2.05, 4.69) is 6.92 Å². The molecule has 0 saturated heterocycles. The maximum Gasteiger partial charge on any atom is 0.123 e. The standard InChI is InChI=1S/C16H18FNO/c1-11(10-18)12-5-7-13(8-6-12)16(19)14-3-2-4-15(17)9-14/h2-9,11,16,19H,10,18H2,1H3. The molecule has 0 aromatic heterocycles. The largest absolute Gasteiger partial charge is 0.384 e. The zero-order valence-corrected chi connectivity index (χ0v) is 10.9. The SMILES string of the molecule is CC(CN)c1ccc(C(O)c2cccc(F)c2)cc1. The lowest BCUT2D eigenvalue weighted by molar-refractivity contribution is 0.220. The maximum absolute atomic E-state index is 13.1. The molecule has 0 spiro atoms. The quantitative estimate of drug-likeness (QED) is 0.886. The van der Waals surface area contributed by atoms with Gasteiger partial charge < -0.3 is 10.8 Å². The van der Waals surface area contributed by atoms with Gasteiger partial charge in [-0.1, -0.05) is 43.3 Å². The lowest BCUT2D eigenvalue weighted by Gasteiger charge is -2.14. The van der Waals surface area contributed by atoms with E-state index in [0.29, 0.717) is 18.0 Å². The zero-order valence-electron chi connectivity index (χ0n) is 10.9. The van der Waals surface area contributed by atoms with Crippen LogP contribution in [0.5, 0.6) is 0 Å². The first-order valence-electron chi connectivity index (χ1n) is 6.35. The molecule has 0 bridgehead atoms. The molecule has 0 aliphatic rings. The van der Waals surface area contributed by atoms with Gasteiger partial charge in [-0.05, 0) is 41.3 Å². The first-order valence-corrected chi connectivity index (χ1v) is 6.35. The van der Waals surface area contributed by atoms with Crippen LogP contribution in [0.15, 0.2) is 48.5 Å². The van der Waals surface area contributed by atoms with Gasteiger partial charge in [0.15, 0.2) is 0 Å². The van der Waals surface area contributed by atoms with Gasteiger partial charge in [0.1, 0.15) is 11.9 Å². The van der Waals surface area contributed by atoms with E-state index < -0.39 is 6.10 Å². The van der Waals surface area contributed by atoms with Gasteiger partial charge in [-0.2, -0.15) is 0 Å². The van der Waals surface area contributed by atoms with Crippen LogP contribution in [0.4, 0.5) is 4.39 Å². The number of hydrogen-bond donors (Lipinski definition) is 2. The number of rotatable bonds is 4. The highest BCUT2D eigenvalue weighted by Gasteiger charge is 2.11. The van der Waals surface area contributed by atoms with Gasteiger partial charge in [-0.25, -0.2) is 4.39 Å². The minimum atomic E-state index is -0.807. The highest BCUT2D eigenvalue weighted by atomic mass is 19.1. The van der Waals surface area contributed by atoms with E-state index in [-0.39, 0.29) is 5.82 Å². The second kappa shape index (κ2) is 5.95. The summed E-state index contributed by atoms with van der Waals surface area (Å²) in [5.41, 5.74) is 8.06. The van der Waals surface area contributed by atoms with Crippen LogP contribution in [-0.2, 0) is 0 Å². The van der Waals surface area contributed by atoms with Crippen molar-refractivity contribution in [2.75, 3.05) is 6.54 Å². The van der Waals surface area contributed by atoms with E-state index in [9.17, 15) is 9.50 Å². The average Bonchev–Trinajstić information content (AvgIpc) is 2.46. The normalized spacial score (nSPS) is 14.1. The molecule has 2 atom stereocenters. The fourth-order valence-corrected chi connectivity index (χ4v) is 2.01. The Morgan fingerprint density at radius 2 is 1.68 bits per heavy atom. The molecule has 2 aromatic rings. The molecule has 2 nitrogen and oxygen atoms in total. The predicted molar refractivity (Wildman–Crippen MR) is 74.4 cm³/mol. The molecule has 0 aliphatic carbocycles. The molecular formula is C16H18FNO. The van der Waals surface area contributed by atoms with Crippen LogP contribution in [0.3, 0.4) is 0 Å². The van der Waals surface area contributed by atoms with Gasteiger partial charge in [0, 0.05) is 0 Å². The Morgan fingerprint density at radius 1 is 1.05 bits per heavy atom. The molecule has 19 heavy (non-hydrogen) atoms. The van der Waals surface area contributed by atoms with Crippen molar-refractivity contribution in [2.45, 2.75) is 18.9 Å². The molecule has 2 unspecified atom stereocenters. The Bertz CT molecular complexity index is 539. The van der Waals surface area contributed by atoms with Crippen molar-refractivity contribution in [3.05, 3.63) is 71.0 Å².